The Morgan fingerprint density at radius 3 is 2.33 bits per heavy atom. The lowest BCUT2D eigenvalue weighted by atomic mass is 10.0. The van der Waals surface area contributed by atoms with E-state index in [1.807, 2.05) is 36.4 Å². The minimum Gasteiger partial charge on any atom is -0.304 e. The van der Waals surface area contributed by atoms with Gasteiger partial charge in [0, 0.05) is 17.7 Å². The van der Waals surface area contributed by atoms with Gasteiger partial charge in [-0.1, -0.05) is 24.3 Å². The Bertz CT molecular complexity index is 537. The lowest BCUT2D eigenvalue weighted by Gasteiger charge is -1.98. The predicted octanol–water partition coefficient (Wildman–Crippen LogP) is 2.26. The zero-order chi connectivity index (χ0) is 10.8. The Labute approximate surface area is 87.4 Å². The summed E-state index contributed by atoms with van der Waals surface area (Å²) in [6, 6.07) is 11.2. The fourth-order valence-electron chi connectivity index (χ4n) is 1.76. The minimum absolute atomic E-state index is 0.115. The Morgan fingerprint density at radius 1 is 1.13 bits per heavy atom. The molecule has 0 saturated carbocycles. The van der Waals surface area contributed by atoms with Gasteiger partial charge in [-0.2, -0.15) is 10.5 Å². The van der Waals surface area contributed by atoms with Crippen molar-refractivity contribution in [1.82, 2.24) is 0 Å². The van der Waals surface area contributed by atoms with Crippen LogP contribution in [0, 0.1) is 28.1 Å². The van der Waals surface area contributed by atoms with E-state index in [9.17, 15) is 0 Å². The fourth-order valence-corrected chi connectivity index (χ4v) is 1.76. The molecular weight excluding hydrogens is 186 g/mol. The highest BCUT2D eigenvalue weighted by atomic mass is 14.5. The molecule has 1 aliphatic rings. The largest absolute Gasteiger partial charge is 0.304 e. The van der Waals surface area contributed by atoms with Crippen LogP contribution in [0.3, 0.4) is 0 Å². The van der Waals surface area contributed by atoms with Gasteiger partial charge in [-0.25, -0.2) is 0 Å². The Kier molecular flexibility index (Phi) is 2.08. The normalized spacial score (nSPS) is 12.9. The van der Waals surface area contributed by atoms with Crippen LogP contribution in [0.15, 0.2) is 29.8 Å². The summed E-state index contributed by atoms with van der Waals surface area (Å²) in [6.07, 6.45) is 0.385. The van der Waals surface area contributed by atoms with E-state index in [1.54, 1.807) is 0 Å². The second kappa shape index (κ2) is 3.40. The average Bonchev–Trinajstić information content (AvgIpc) is 2.60. The molecule has 1 aromatic carbocycles. The van der Waals surface area contributed by atoms with Crippen LogP contribution in [0.4, 0.5) is 0 Å². The molecule has 3 nitrogen and oxygen atoms in total. The smallest absolute Gasteiger partial charge is 0.133 e. The van der Waals surface area contributed by atoms with Gasteiger partial charge in [0.25, 0.3) is 0 Å². The van der Waals surface area contributed by atoms with Crippen molar-refractivity contribution in [3.8, 4) is 12.1 Å². The molecule has 70 valence electrons. The number of nitrogens with one attached hydrogen (secondary N) is 1. The lowest BCUT2D eigenvalue weighted by Crippen LogP contribution is -1.89. The van der Waals surface area contributed by atoms with Crippen LogP contribution in [0.1, 0.15) is 17.5 Å². The quantitative estimate of drug-likeness (QED) is 0.642. The predicted molar refractivity (Wildman–Crippen MR) is 56.0 cm³/mol. The summed E-state index contributed by atoms with van der Waals surface area (Å²) in [5.41, 5.74) is 2.95. The Hall–Kier alpha value is -2.39. The van der Waals surface area contributed by atoms with Gasteiger partial charge in [0.2, 0.25) is 0 Å². The molecule has 1 aliphatic carbocycles. The maximum Gasteiger partial charge on any atom is 0.133 e. The summed E-state index contributed by atoms with van der Waals surface area (Å²) in [5.74, 6) is 0. The highest BCUT2D eigenvalue weighted by Gasteiger charge is 2.23. The molecule has 0 unspecified atom stereocenters. The third-order valence-electron chi connectivity index (χ3n) is 2.46. The second-order valence-corrected chi connectivity index (χ2v) is 3.28. The molecule has 0 amide bonds. The third kappa shape index (κ3) is 1.31. The van der Waals surface area contributed by atoms with Gasteiger partial charge in [0.1, 0.15) is 17.7 Å². The van der Waals surface area contributed by atoms with Gasteiger partial charge in [-0.3, -0.25) is 0 Å². The molecule has 0 aliphatic heterocycles. The molecule has 0 bridgehead atoms. The molecule has 0 atom stereocenters. The molecule has 0 radical (unpaired) electrons. The topological polar surface area (TPSA) is 71.4 Å². The van der Waals surface area contributed by atoms with E-state index in [2.05, 4.69) is 0 Å². The molecule has 1 N–H and O–H groups in total. The number of nitriles is 2. The number of fused-ring (bicyclic) bond motifs is 1. The summed E-state index contributed by atoms with van der Waals surface area (Å²) in [4.78, 5) is 0. The van der Waals surface area contributed by atoms with Crippen LogP contribution < -0.4 is 0 Å². The maximum atomic E-state index is 8.80. The molecule has 0 fully saturated rings. The molecule has 1 aromatic rings. The van der Waals surface area contributed by atoms with E-state index in [1.165, 1.54) is 0 Å². The Morgan fingerprint density at radius 2 is 1.73 bits per heavy atom. The van der Waals surface area contributed by atoms with Gasteiger partial charge in [-0.05, 0) is 11.1 Å². The minimum atomic E-state index is 0.115. The summed E-state index contributed by atoms with van der Waals surface area (Å²) < 4.78 is 0. The molecule has 2 rings (SSSR count). The van der Waals surface area contributed by atoms with Crippen LogP contribution in [0.2, 0.25) is 0 Å². The molecule has 0 aromatic heterocycles. The molecular formula is C12H7N3. The first-order chi connectivity index (χ1) is 7.27. The lowest BCUT2D eigenvalue weighted by molar-refractivity contribution is 1.40. The molecule has 15 heavy (non-hydrogen) atoms. The first-order valence-electron chi connectivity index (χ1n) is 4.48. The second-order valence-electron chi connectivity index (χ2n) is 3.28. The van der Waals surface area contributed by atoms with Crippen molar-refractivity contribution in [3.05, 3.63) is 41.0 Å². The molecule has 0 spiro atoms. The fraction of sp³-hybridized carbons (Fsp3) is 0.0833. The first kappa shape index (κ1) is 9.18. The van der Waals surface area contributed by atoms with E-state index < -0.39 is 0 Å². The van der Waals surface area contributed by atoms with Crippen molar-refractivity contribution in [2.45, 2.75) is 6.42 Å². The van der Waals surface area contributed by atoms with Crippen molar-refractivity contribution in [3.63, 3.8) is 0 Å². The highest BCUT2D eigenvalue weighted by Crippen LogP contribution is 2.33. The third-order valence-corrected chi connectivity index (χ3v) is 2.46. The number of benzene rings is 1. The standard InChI is InChI=1S/C12H7N3/c13-6-8(7-14)11-5-12(15)10-4-2-1-3-9(10)11/h1-4,15H,5H2. The van der Waals surface area contributed by atoms with E-state index in [4.69, 9.17) is 15.9 Å². The van der Waals surface area contributed by atoms with Gasteiger partial charge < -0.3 is 5.41 Å². The van der Waals surface area contributed by atoms with Crippen LogP contribution in [0.25, 0.3) is 5.57 Å². The number of hydrogen-bond acceptors (Lipinski definition) is 3. The molecule has 0 saturated heterocycles. The highest BCUT2D eigenvalue weighted by molar-refractivity contribution is 6.14. The Balaban J connectivity index is 2.71. The number of nitrogens with zero attached hydrogens (tertiary/aromatic N) is 2. The van der Waals surface area contributed by atoms with Crippen LogP contribution in [-0.2, 0) is 0 Å². The van der Waals surface area contributed by atoms with Crippen molar-refractivity contribution in [2.24, 2.45) is 0 Å². The SMILES string of the molecule is N#CC(C#N)=C1CC(=N)c2ccccc21. The van der Waals surface area contributed by atoms with Crippen LogP contribution in [-0.4, -0.2) is 5.71 Å². The van der Waals surface area contributed by atoms with Crippen molar-refractivity contribution >= 4 is 11.3 Å². The van der Waals surface area contributed by atoms with Gasteiger partial charge in [-0.15, -0.1) is 0 Å². The summed E-state index contributed by atoms with van der Waals surface area (Å²) in [7, 11) is 0. The number of allylic oxidation sites excluding steroid dienone is 2. The average molecular weight is 193 g/mol. The summed E-state index contributed by atoms with van der Waals surface area (Å²) in [6.45, 7) is 0. The first-order valence-corrected chi connectivity index (χ1v) is 4.48. The van der Waals surface area contributed by atoms with Gasteiger partial charge in [0.15, 0.2) is 0 Å². The van der Waals surface area contributed by atoms with Gasteiger partial charge >= 0.3 is 0 Å². The van der Waals surface area contributed by atoms with Gasteiger partial charge in [0.05, 0.1) is 0 Å². The zero-order valence-corrected chi connectivity index (χ0v) is 7.91. The van der Waals surface area contributed by atoms with Crippen molar-refractivity contribution in [1.29, 1.82) is 15.9 Å². The number of rotatable bonds is 0. The summed E-state index contributed by atoms with van der Waals surface area (Å²) >= 11 is 0. The van der Waals surface area contributed by atoms with E-state index in [0.717, 1.165) is 11.1 Å². The van der Waals surface area contributed by atoms with Crippen LogP contribution in [0.5, 0.6) is 0 Å². The number of hydrogen-bond donors (Lipinski definition) is 1. The molecule has 0 heterocycles. The summed E-state index contributed by atoms with van der Waals surface area (Å²) in [5, 5.41) is 25.3. The maximum absolute atomic E-state index is 8.80. The van der Waals surface area contributed by atoms with E-state index in [-0.39, 0.29) is 5.57 Å². The monoisotopic (exact) mass is 193 g/mol. The molecule has 3 heteroatoms. The van der Waals surface area contributed by atoms with Crippen molar-refractivity contribution in [2.75, 3.05) is 0 Å². The van der Waals surface area contributed by atoms with Crippen LogP contribution >= 0.6 is 0 Å². The zero-order valence-electron chi connectivity index (χ0n) is 7.91. The van der Waals surface area contributed by atoms with E-state index >= 15 is 0 Å². The van der Waals surface area contributed by atoms with Crippen molar-refractivity contribution < 1.29 is 0 Å². The van der Waals surface area contributed by atoms with E-state index in [0.29, 0.717) is 17.7 Å².